The molecule has 0 bridgehead atoms. The lowest BCUT2D eigenvalue weighted by molar-refractivity contribution is -0.116. The van der Waals surface area contributed by atoms with Crippen molar-refractivity contribution in [2.24, 2.45) is 5.92 Å². The van der Waals surface area contributed by atoms with E-state index in [0.29, 0.717) is 54.2 Å². The van der Waals surface area contributed by atoms with Gasteiger partial charge in [-0.05, 0) is 44.8 Å². The van der Waals surface area contributed by atoms with Crippen LogP contribution in [0.4, 0.5) is 11.4 Å². The normalized spacial score (nSPS) is 15.8. The summed E-state index contributed by atoms with van der Waals surface area (Å²) in [5, 5.41) is 9.79. The number of thiocarbonyl (C=S) groups is 1. The fraction of sp³-hybridized carbons (Fsp3) is 0.619. The van der Waals surface area contributed by atoms with Crippen molar-refractivity contribution in [3.05, 3.63) is 12.1 Å². The maximum absolute atomic E-state index is 12.3. The minimum atomic E-state index is -0.0575. The Hall–Kier alpha value is -2.06. The smallest absolute Gasteiger partial charge is 0.224 e. The molecule has 0 spiro atoms. The molecule has 3 N–H and O–H groups in total. The van der Waals surface area contributed by atoms with Crippen LogP contribution in [0.3, 0.4) is 0 Å². The molecule has 1 aromatic carbocycles. The van der Waals surface area contributed by atoms with Crippen molar-refractivity contribution >= 4 is 34.6 Å². The summed E-state index contributed by atoms with van der Waals surface area (Å²) in [6.07, 6.45) is 2.76. The first-order valence-corrected chi connectivity index (χ1v) is 10.7. The van der Waals surface area contributed by atoms with E-state index in [1.807, 2.05) is 27.7 Å². The zero-order valence-electron chi connectivity index (χ0n) is 17.8. The fourth-order valence-corrected chi connectivity index (χ4v) is 3.25. The predicted octanol–water partition coefficient (Wildman–Crippen LogP) is 3.93. The van der Waals surface area contributed by atoms with Gasteiger partial charge in [-0.15, -0.1) is 0 Å². The van der Waals surface area contributed by atoms with Crippen molar-refractivity contribution in [1.82, 2.24) is 5.32 Å². The number of hydrogen-bond donors (Lipinski definition) is 3. The predicted molar refractivity (Wildman–Crippen MR) is 120 cm³/mol. The van der Waals surface area contributed by atoms with Gasteiger partial charge in [-0.3, -0.25) is 4.79 Å². The van der Waals surface area contributed by atoms with Crippen LogP contribution in [0.15, 0.2) is 12.1 Å². The molecule has 1 aliphatic rings. The summed E-state index contributed by atoms with van der Waals surface area (Å²) in [6, 6.07) is 3.58. The van der Waals surface area contributed by atoms with Crippen LogP contribution in [0.25, 0.3) is 0 Å². The maximum Gasteiger partial charge on any atom is 0.224 e. The number of benzene rings is 1. The van der Waals surface area contributed by atoms with Crippen LogP contribution in [0.5, 0.6) is 11.5 Å². The molecule has 0 aliphatic carbocycles. The van der Waals surface area contributed by atoms with E-state index in [1.165, 1.54) is 0 Å². The van der Waals surface area contributed by atoms with Gasteiger partial charge in [-0.2, -0.15) is 0 Å². The van der Waals surface area contributed by atoms with Crippen LogP contribution < -0.4 is 25.4 Å². The fourth-order valence-electron chi connectivity index (χ4n) is 3.06. The molecule has 2 rings (SSSR count). The molecule has 1 saturated heterocycles. The number of carbonyl (C=O) groups excluding carboxylic acids is 1. The van der Waals surface area contributed by atoms with Crippen molar-refractivity contribution in [2.75, 3.05) is 37.0 Å². The molecular weight excluding hydrogens is 390 g/mol. The molecule has 162 valence electrons. The summed E-state index contributed by atoms with van der Waals surface area (Å²) in [5.41, 5.74) is 1.27. The largest absolute Gasteiger partial charge is 0.492 e. The number of hydrogen-bond acceptors (Lipinski definition) is 5. The highest BCUT2D eigenvalue weighted by atomic mass is 32.1. The highest BCUT2D eigenvalue weighted by Gasteiger charge is 2.18. The number of nitrogens with one attached hydrogen (secondary N) is 3. The second kappa shape index (κ2) is 11.8. The number of anilines is 2. The Morgan fingerprint density at radius 3 is 2.31 bits per heavy atom. The molecule has 1 fully saturated rings. The molecule has 7 nitrogen and oxygen atoms in total. The average molecular weight is 424 g/mol. The van der Waals surface area contributed by atoms with E-state index >= 15 is 0 Å². The number of amides is 1. The molecule has 0 aromatic heterocycles. The summed E-state index contributed by atoms with van der Waals surface area (Å²) >= 11 is 5.43. The minimum Gasteiger partial charge on any atom is -0.492 e. The highest BCUT2D eigenvalue weighted by molar-refractivity contribution is 7.80. The van der Waals surface area contributed by atoms with E-state index in [-0.39, 0.29) is 17.9 Å². The lowest BCUT2D eigenvalue weighted by Gasteiger charge is -2.19. The second-order valence-corrected chi connectivity index (χ2v) is 7.74. The molecule has 8 heteroatoms. The number of ether oxygens (including phenoxy) is 3. The van der Waals surface area contributed by atoms with Crippen molar-refractivity contribution in [2.45, 2.75) is 53.1 Å². The third-order valence-electron chi connectivity index (χ3n) is 4.31. The van der Waals surface area contributed by atoms with Crippen LogP contribution in [-0.4, -0.2) is 43.5 Å². The Bertz CT molecular complexity index is 691. The minimum absolute atomic E-state index is 0.0575. The standard InChI is InChI=1S/C21H33N3O4S/c1-5-26-18-12-17(24-21(29)22-13-15-8-7-9-28-15)19(27-6-2)11-16(18)23-20(25)10-14(3)4/h11-12,14-15H,5-10,13H2,1-4H3,(H,23,25)(H2,22,24,29)/t15-/m1/s1. The van der Waals surface area contributed by atoms with Gasteiger partial charge >= 0.3 is 0 Å². The van der Waals surface area contributed by atoms with Crippen molar-refractivity contribution in [3.63, 3.8) is 0 Å². The van der Waals surface area contributed by atoms with E-state index in [4.69, 9.17) is 26.4 Å². The lowest BCUT2D eigenvalue weighted by Crippen LogP contribution is -2.34. The van der Waals surface area contributed by atoms with Gasteiger partial charge in [0.25, 0.3) is 0 Å². The molecule has 0 unspecified atom stereocenters. The SMILES string of the molecule is CCOc1cc(NC(=S)NC[C@H]2CCCO2)c(OCC)cc1NC(=O)CC(C)C. The molecule has 0 saturated carbocycles. The van der Waals surface area contributed by atoms with Crippen LogP contribution in [-0.2, 0) is 9.53 Å². The number of rotatable bonds is 10. The van der Waals surface area contributed by atoms with Gasteiger partial charge in [0.15, 0.2) is 5.11 Å². The topological polar surface area (TPSA) is 80.8 Å². The Labute approximate surface area is 178 Å². The Morgan fingerprint density at radius 2 is 1.79 bits per heavy atom. The first-order valence-electron chi connectivity index (χ1n) is 10.3. The molecule has 29 heavy (non-hydrogen) atoms. The van der Waals surface area contributed by atoms with Gasteiger partial charge < -0.3 is 30.2 Å². The second-order valence-electron chi connectivity index (χ2n) is 7.33. The van der Waals surface area contributed by atoms with E-state index in [0.717, 1.165) is 19.4 Å². The summed E-state index contributed by atoms with van der Waals surface area (Å²) in [7, 11) is 0. The Balaban J connectivity index is 2.15. The van der Waals surface area contributed by atoms with Crippen molar-refractivity contribution in [3.8, 4) is 11.5 Å². The monoisotopic (exact) mass is 423 g/mol. The molecule has 1 amide bonds. The van der Waals surface area contributed by atoms with E-state index in [2.05, 4.69) is 16.0 Å². The Kier molecular flexibility index (Phi) is 9.47. The third kappa shape index (κ3) is 7.70. The van der Waals surface area contributed by atoms with Gasteiger partial charge in [0.1, 0.15) is 11.5 Å². The van der Waals surface area contributed by atoms with Crippen LogP contribution in [0, 0.1) is 5.92 Å². The van der Waals surface area contributed by atoms with Crippen LogP contribution in [0.1, 0.15) is 47.0 Å². The molecular formula is C21H33N3O4S. The first-order chi connectivity index (χ1) is 13.9. The molecule has 1 atom stereocenters. The van der Waals surface area contributed by atoms with Crippen molar-refractivity contribution < 1.29 is 19.0 Å². The summed E-state index contributed by atoms with van der Waals surface area (Å²) < 4.78 is 17.1. The zero-order valence-corrected chi connectivity index (χ0v) is 18.6. The highest BCUT2D eigenvalue weighted by Crippen LogP contribution is 2.37. The third-order valence-corrected chi connectivity index (χ3v) is 4.56. The summed E-state index contributed by atoms with van der Waals surface area (Å²) in [4.78, 5) is 12.3. The van der Waals surface area contributed by atoms with Gasteiger partial charge in [0, 0.05) is 31.7 Å². The zero-order chi connectivity index (χ0) is 21.2. The number of carbonyl (C=O) groups is 1. The van der Waals surface area contributed by atoms with Crippen LogP contribution >= 0.6 is 12.2 Å². The van der Waals surface area contributed by atoms with Gasteiger partial charge in [0.2, 0.25) is 5.91 Å². The van der Waals surface area contributed by atoms with Crippen LogP contribution in [0.2, 0.25) is 0 Å². The van der Waals surface area contributed by atoms with E-state index in [9.17, 15) is 4.79 Å². The van der Waals surface area contributed by atoms with E-state index < -0.39 is 0 Å². The Morgan fingerprint density at radius 1 is 1.17 bits per heavy atom. The maximum atomic E-state index is 12.3. The molecule has 1 aliphatic heterocycles. The molecule has 0 radical (unpaired) electrons. The van der Waals surface area contributed by atoms with Gasteiger partial charge in [-0.25, -0.2) is 0 Å². The van der Waals surface area contributed by atoms with Crippen molar-refractivity contribution in [1.29, 1.82) is 0 Å². The molecule has 1 aromatic rings. The summed E-state index contributed by atoms with van der Waals surface area (Å²) in [6.45, 7) is 10.3. The van der Waals surface area contributed by atoms with Gasteiger partial charge in [-0.1, -0.05) is 13.8 Å². The average Bonchev–Trinajstić information content (AvgIpc) is 3.16. The van der Waals surface area contributed by atoms with E-state index in [1.54, 1.807) is 12.1 Å². The lowest BCUT2D eigenvalue weighted by atomic mass is 10.1. The first kappa shape index (κ1) is 23.2. The van der Waals surface area contributed by atoms with Gasteiger partial charge in [0.05, 0.1) is 30.7 Å². The quantitative estimate of drug-likeness (QED) is 0.492. The molecule has 1 heterocycles. The summed E-state index contributed by atoms with van der Waals surface area (Å²) in [5.74, 6) is 1.37.